The van der Waals surface area contributed by atoms with Gasteiger partial charge in [-0.15, -0.1) is 5.10 Å². The molecule has 0 radical (unpaired) electrons. The molecule has 0 amide bonds. The van der Waals surface area contributed by atoms with Gasteiger partial charge in [-0.05, 0) is 12.1 Å². The molecule has 0 unspecified atom stereocenters. The highest BCUT2D eigenvalue weighted by molar-refractivity contribution is 5.40. The van der Waals surface area contributed by atoms with E-state index in [9.17, 15) is 10.1 Å². The highest BCUT2D eigenvalue weighted by atomic mass is 16.6. The van der Waals surface area contributed by atoms with E-state index in [1.165, 1.54) is 12.1 Å². The highest BCUT2D eigenvalue weighted by Gasteiger charge is 2.06. The molecule has 0 aliphatic rings. The molecular formula is C12H15N5O3. The third-order valence-electron chi connectivity index (χ3n) is 2.65. The van der Waals surface area contributed by atoms with Crippen LogP contribution in [0.4, 0.5) is 5.69 Å². The topological polar surface area (TPSA) is 95.1 Å². The first-order valence-corrected chi connectivity index (χ1v) is 6.06. The molecule has 0 bridgehead atoms. The average Bonchev–Trinajstić information content (AvgIpc) is 2.92. The average molecular weight is 277 g/mol. The van der Waals surface area contributed by atoms with Gasteiger partial charge in [0.05, 0.1) is 29.1 Å². The Morgan fingerprint density at radius 2 is 2.15 bits per heavy atom. The summed E-state index contributed by atoms with van der Waals surface area (Å²) in [5.41, 5.74) is 1.57. The van der Waals surface area contributed by atoms with Crippen LogP contribution in [0.3, 0.4) is 0 Å². The lowest BCUT2D eigenvalue weighted by molar-refractivity contribution is -0.384. The van der Waals surface area contributed by atoms with Crippen LogP contribution in [0.25, 0.3) is 5.69 Å². The minimum absolute atomic E-state index is 0.0512. The van der Waals surface area contributed by atoms with Crippen LogP contribution in [0.5, 0.6) is 0 Å². The van der Waals surface area contributed by atoms with Crippen molar-refractivity contribution in [3.63, 3.8) is 0 Å². The van der Waals surface area contributed by atoms with Crippen molar-refractivity contribution in [2.24, 2.45) is 0 Å². The number of aromatic nitrogens is 3. The molecule has 20 heavy (non-hydrogen) atoms. The van der Waals surface area contributed by atoms with E-state index in [1.54, 1.807) is 30.1 Å². The minimum Gasteiger partial charge on any atom is -0.383 e. The molecule has 8 heteroatoms. The van der Waals surface area contributed by atoms with Gasteiger partial charge in [0.15, 0.2) is 0 Å². The van der Waals surface area contributed by atoms with E-state index in [2.05, 4.69) is 15.6 Å². The lowest BCUT2D eigenvalue weighted by Crippen LogP contribution is -2.18. The summed E-state index contributed by atoms with van der Waals surface area (Å²) in [5, 5.41) is 21.7. The quantitative estimate of drug-likeness (QED) is 0.459. The maximum absolute atomic E-state index is 10.6. The molecule has 2 rings (SSSR count). The van der Waals surface area contributed by atoms with Crippen LogP contribution in [-0.2, 0) is 11.3 Å². The van der Waals surface area contributed by atoms with Crippen LogP contribution < -0.4 is 5.32 Å². The van der Waals surface area contributed by atoms with Gasteiger partial charge in [-0.3, -0.25) is 10.1 Å². The summed E-state index contributed by atoms with van der Waals surface area (Å²) in [7, 11) is 1.65. The Hall–Kier alpha value is -2.32. The van der Waals surface area contributed by atoms with E-state index in [1.807, 2.05) is 0 Å². The number of ether oxygens (including phenoxy) is 1. The summed E-state index contributed by atoms with van der Waals surface area (Å²) < 4.78 is 6.51. The fourth-order valence-electron chi connectivity index (χ4n) is 1.62. The zero-order valence-electron chi connectivity index (χ0n) is 11.0. The molecule has 2 aromatic rings. The summed E-state index contributed by atoms with van der Waals surface area (Å²) in [5.74, 6) is 0. The first kappa shape index (κ1) is 14.1. The number of nitrogens with zero attached hydrogens (tertiary/aromatic N) is 4. The Labute approximate surface area is 115 Å². The Morgan fingerprint density at radius 3 is 2.80 bits per heavy atom. The zero-order valence-corrected chi connectivity index (χ0v) is 11.0. The van der Waals surface area contributed by atoms with E-state index in [0.29, 0.717) is 13.2 Å². The Balaban J connectivity index is 1.99. The Kier molecular flexibility index (Phi) is 4.75. The van der Waals surface area contributed by atoms with Crippen LogP contribution >= 0.6 is 0 Å². The zero-order chi connectivity index (χ0) is 14.4. The summed E-state index contributed by atoms with van der Waals surface area (Å²) >= 11 is 0. The largest absolute Gasteiger partial charge is 0.383 e. The predicted octanol–water partition coefficient (Wildman–Crippen LogP) is 0.911. The second-order valence-electron chi connectivity index (χ2n) is 4.10. The number of hydrogen-bond donors (Lipinski definition) is 1. The lowest BCUT2D eigenvalue weighted by atomic mass is 10.3. The first-order chi connectivity index (χ1) is 9.70. The maximum atomic E-state index is 10.6. The summed E-state index contributed by atoms with van der Waals surface area (Å²) in [6.45, 7) is 1.97. The summed E-state index contributed by atoms with van der Waals surface area (Å²) in [6, 6.07) is 6.14. The van der Waals surface area contributed by atoms with Gasteiger partial charge in [-0.1, -0.05) is 5.21 Å². The number of methoxy groups -OCH3 is 1. The fraction of sp³-hybridized carbons (Fsp3) is 0.333. The number of nitro benzene ring substituents is 1. The molecule has 1 aromatic carbocycles. The molecule has 106 valence electrons. The van der Waals surface area contributed by atoms with Crippen molar-refractivity contribution in [3.8, 4) is 5.69 Å². The Morgan fingerprint density at radius 1 is 1.40 bits per heavy atom. The molecule has 1 heterocycles. The fourth-order valence-corrected chi connectivity index (χ4v) is 1.62. The second kappa shape index (κ2) is 6.73. The summed E-state index contributed by atoms with van der Waals surface area (Å²) in [6.07, 6.45) is 1.78. The molecule has 0 spiro atoms. The van der Waals surface area contributed by atoms with E-state index in [0.717, 1.165) is 17.9 Å². The van der Waals surface area contributed by atoms with Gasteiger partial charge in [-0.2, -0.15) is 0 Å². The van der Waals surface area contributed by atoms with Gasteiger partial charge in [0, 0.05) is 32.3 Å². The van der Waals surface area contributed by atoms with Gasteiger partial charge in [-0.25, -0.2) is 4.68 Å². The molecule has 1 N–H and O–H groups in total. The molecule has 0 atom stereocenters. The van der Waals surface area contributed by atoms with Gasteiger partial charge < -0.3 is 10.1 Å². The van der Waals surface area contributed by atoms with Crippen LogP contribution in [0.15, 0.2) is 30.5 Å². The Bertz CT molecular complexity index is 567. The summed E-state index contributed by atoms with van der Waals surface area (Å²) in [4.78, 5) is 10.1. The third-order valence-corrected chi connectivity index (χ3v) is 2.65. The molecule has 8 nitrogen and oxygen atoms in total. The standard InChI is InChI=1S/C12H15N5O3/c1-20-7-6-13-8-10-9-16(15-14-10)11-2-4-12(5-3-11)17(18)19/h2-5,9,13H,6-8H2,1H3. The van der Waals surface area contributed by atoms with Crippen molar-refractivity contribution >= 4 is 5.69 Å². The van der Waals surface area contributed by atoms with Crippen molar-refractivity contribution in [1.82, 2.24) is 20.3 Å². The SMILES string of the molecule is COCCNCc1cn(-c2ccc([N+](=O)[O-])cc2)nn1. The minimum atomic E-state index is -0.434. The monoisotopic (exact) mass is 277 g/mol. The highest BCUT2D eigenvalue weighted by Crippen LogP contribution is 2.14. The molecule has 0 aliphatic heterocycles. The second-order valence-corrected chi connectivity index (χ2v) is 4.10. The van der Waals surface area contributed by atoms with Crippen molar-refractivity contribution in [2.45, 2.75) is 6.54 Å². The smallest absolute Gasteiger partial charge is 0.269 e. The van der Waals surface area contributed by atoms with Crippen molar-refractivity contribution in [1.29, 1.82) is 0 Å². The number of rotatable bonds is 7. The maximum Gasteiger partial charge on any atom is 0.269 e. The normalized spacial score (nSPS) is 10.7. The first-order valence-electron chi connectivity index (χ1n) is 6.06. The molecule has 0 saturated heterocycles. The molecular weight excluding hydrogens is 262 g/mol. The number of benzene rings is 1. The number of non-ortho nitro benzene ring substituents is 1. The van der Waals surface area contributed by atoms with Crippen LogP contribution in [-0.4, -0.2) is 40.2 Å². The number of hydrogen-bond acceptors (Lipinski definition) is 6. The van der Waals surface area contributed by atoms with Crippen molar-refractivity contribution < 1.29 is 9.66 Å². The number of nitrogens with one attached hydrogen (secondary N) is 1. The molecule has 0 aliphatic carbocycles. The van der Waals surface area contributed by atoms with Crippen molar-refractivity contribution in [3.05, 3.63) is 46.3 Å². The van der Waals surface area contributed by atoms with Crippen molar-refractivity contribution in [2.75, 3.05) is 20.3 Å². The molecule has 0 fully saturated rings. The van der Waals surface area contributed by atoms with E-state index in [-0.39, 0.29) is 5.69 Å². The lowest BCUT2D eigenvalue weighted by Gasteiger charge is -2.00. The van der Waals surface area contributed by atoms with Crippen LogP contribution in [0, 0.1) is 10.1 Å². The van der Waals surface area contributed by atoms with Crippen LogP contribution in [0.2, 0.25) is 0 Å². The van der Waals surface area contributed by atoms with Gasteiger partial charge in [0.25, 0.3) is 5.69 Å². The van der Waals surface area contributed by atoms with Gasteiger partial charge in [0.1, 0.15) is 0 Å². The number of nitro groups is 1. The van der Waals surface area contributed by atoms with Crippen LogP contribution in [0.1, 0.15) is 5.69 Å². The molecule has 1 aromatic heterocycles. The van der Waals surface area contributed by atoms with E-state index < -0.39 is 4.92 Å². The van der Waals surface area contributed by atoms with E-state index in [4.69, 9.17) is 4.74 Å². The van der Waals surface area contributed by atoms with Gasteiger partial charge in [0.2, 0.25) is 0 Å². The predicted molar refractivity (Wildman–Crippen MR) is 71.6 cm³/mol. The van der Waals surface area contributed by atoms with E-state index >= 15 is 0 Å². The van der Waals surface area contributed by atoms with Gasteiger partial charge >= 0.3 is 0 Å². The third kappa shape index (κ3) is 3.59. The molecule has 0 saturated carbocycles.